The van der Waals surface area contributed by atoms with Crippen LogP contribution < -0.4 is 0 Å². The molecule has 0 aromatic carbocycles. The second-order valence-corrected chi connectivity index (χ2v) is 18.3. The minimum absolute atomic E-state index is 0.0149. The molecule has 1 saturated carbocycles. The minimum atomic E-state index is -4.45. The number of phosphoric acid groups is 1. The Morgan fingerprint density at radius 3 is 2.00 bits per heavy atom. The zero-order valence-electron chi connectivity index (χ0n) is 36.3. The van der Waals surface area contributed by atoms with Gasteiger partial charge < -0.3 is 29.1 Å². The van der Waals surface area contributed by atoms with Crippen LogP contribution in [0, 0.1) is 11.8 Å². The number of unbranched alkanes of at least 4 members (excludes halogenated alkanes) is 15. The fraction of sp³-hybridized carbons (Fsp3) is 0.841. The summed E-state index contributed by atoms with van der Waals surface area (Å²) in [5.41, 5.74) is 0. The zero-order valence-corrected chi connectivity index (χ0v) is 37.2. The summed E-state index contributed by atoms with van der Waals surface area (Å²) < 4.78 is 34.2. The smallest absolute Gasteiger partial charge is 0.462 e. The maximum atomic E-state index is 12.8. The molecule has 6 atom stereocenters. The average molecular weight is 831 g/mol. The van der Waals surface area contributed by atoms with Crippen molar-refractivity contribution in [3.63, 3.8) is 0 Å². The van der Waals surface area contributed by atoms with Crippen molar-refractivity contribution in [1.29, 1.82) is 0 Å². The Labute approximate surface area is 345 Å². The number of carbonyl (C=O) groups excluding carboxylic acids is 3. The molecule has 0 spiro atoms. The predicted octanol–water partition coefficient (Wildman–Crippen LogP) is 8.94. The third-order valence-electron chi connectivity index (χ3n) is 10.4. The number of rotatable bonds is 36. The lowest BCUT2D eigenvalue weighted by molar-refractivity contribution is -0.870. The van der Waals surface area contributed by atoms with Crippen LogP contribution in [0.1, 0.15) is 162 Å². The van der Waals surface area contributed by atoms with Crippen molar-refractivity contribution in [1.82, 2.24) is 0 Å². The summed E-state index contributed by atoms with van der Waals surface area (Å²) in [6.07, 6.45) is 25.9. The van der Waals surface area contributed by atoms with Gasteiger partial charge in [0.2, 0.25) is 0 Å². The Hall–Kier alpha value is -1.92. The van der Waals surface area contributed by atoms with Gasteiger partial charge in [-0.2, -0.15) is 0 Å². The van der Waals surface area contributed by atoms with Gasteiger partial charge in [0.25, 0.3) is 0 Å². The second kappa shape index (κ2) is 31.9. The Morgan fingerprint density at radius 1 is 0.807 bits per heavy atom. The summed E-state index contributed by atoms with van der Waals surface area (Å²) in [6.45, 7) is 4.00. The van der Waals surface area contributed by atoms with Gasteiger partial charge in [0.1, 0.15) is 25.5 Å². The lowest BCUT2D eigenvalue weighted by Crippen LogP contribution is -2.37. The molecule has 0 heterocycles. The van der Waals surface area contributed by atoms with E-state index < -0.39 is 50.6 Å². The lowest BCUT2D eigenvalue weighted by Gasteiger charge is -2.24. The molecular formula is C44H81NO11P+. The number of allylic oxidation sites excluding steroid dienone is 3. The van der Waals surface area contributed by atoms with Gasteiger partial charge in [-0.05, 0) is 32.1 Å². The van der Waals surface area contributed by atoms with Crippen LogP contribution in [0.4, 0.5) is 0 Å². The number of Topliss-reactive ketones (excluding diaryl/α,β-unsaturated/α-hetero) is 1. The van der Waals surface area contributed by atoms with Gasteiger partial charge in [-0.1, -0.05) is 134 Å². The molecule has 0 bridgehead atoms. The van der Waals surface area contributed by atoms with Gasteiger partial charge in [-0.3, -0.25) is 23.4 Å². The van der Waals surface area contributed by atoms with Crippen molar-refractivity contribution in [3.8, 4) is 0 Å². The molecule has 0 aromatic rings. The monoisotopic (exact) mass is 831 g/mol. The number of quaternary nitrogens is 1. The number of likely N-dealkylation sites (N-methyl/N-ethyl adjacent to an activating group) is 1. The van der Waals surface area contributed by atoms with Crippen LogP contribution >= 0.6 is 7.82 Å². The first-order valence-corrected chi connectivity index (χ1v) is 23.7. The maximum absolute atomic E-state index is 12.8. The van der Waals surface area contributed by atoms with E-state index in [1.54, 1.807) is 12.2 Å². The fourth-order valence-corrected chi connectivity index (χ4v) is 7.50. The number of phosphoric ester groups is 1. The van der Waals surface area contributed by atoms with Crippen LogP contribution in [-0.4, -0.2) is 103 Å². The van der Waals surface area contributed by atoms with Crippen molar-refractivity contribution >= 4 is 25.5 Å². The number of hydrogen-bond acceptors (Lipinski definition) is 10. The van der Waals surface area contributed by atoms with Gasteiger partial charge in [-0.15, -0.1) is 0 Å². The first-order chi connectivity index (χ1) is 27.2. The summed E-state index contributed by atoms with van der Waals surface area (Å²) in [5.74, 6) is -1.74. The highest BCUT2D eigenvalue weighted by Crippen LogP contribution is 2.43. The molecule has 1 aliphatic carbocycles. The Bertz CT molecular complexity index is 1190. The highest BCUT2D eigenvalue weighted by Gasteiger charge is 2.39. The summed E-state index contributed by atoms with van der Waals surface area (Å²) in [4.78, 5) is 48.0. The number of carbonyl (C=O) groups is 3. The van der Waals surface area contributed by atoms with E-state index in [9.17, 15) is 34.1 Å². The van der Waals surface area contributed by atoms with E-state index in [0.717, 1.165) is 38.5 Å². The van der Waals surface area contributed by atoms with Crippen molar-refractivity contribution < 1.29 is 57.1 Å². The minimum Gasteiger partial charge on any atom is -0.462 e. The van der Waals surface area contributed by atoms with Crippen LogP contribution in [0.15, 0.2) is 24.3 Å². The first kappa shape index (κ1) is 53.1. The second-order valence-electron chi connectivity index (χ2n) is 16.9. The zero-order chi connectivity index (χ0) is 42.4. The van der Waals surface area contributed by atoms with Crippen LogP contribution in [0.2, 0.25) is 0 Å². The number of ether oxygens (including phenoxy) is 2. The van der Waals surface area contributed by atoms with Crippen molar-refractivity contribution in [2.75, 3.05) is 47.5 Å². The molecule has 3 N–H and O–H groups in total. The third kappa shape index (κ3) is 29.0. The number of hydrogen-bond donors (Lipinski definition) is 3. The van der Waals surface area contributed by atoms with Gasteiger partial charge in [0, 0.05) is 31.1 Å². The summed E-state index contributed by atoms with van der Waals surface area (Å²) in [7, 11) is 1.32. The molecule has 1 fully saturated rings. The Kier molecular flexibility index (Phi) is 29.7. The van der Waals surface area contributed by atoms with Crippen molar-refractivity contribution in [3.05, 3.63) is 24.3 Å². The van der Waals surface area contributed by atoms with Gasteiger partial charge >= 0.3 is 19.8 Å². The molecule has 12 nitrogen and oxygen atoms in total. The topological polar surface area (TPSA) is 166 Å². The molecule has 13 heteroatoms. The van der Waals surface area contributed by atoms with Crippen LogP contribution in [0.25, 0.3) is 0 Å². The van der Waals surface area contributed by atoms with Crippen LogP contribution in [-0.2, 0) is 37.5 Å². The molecular weight excluding hydrogens is 749 g/mol. The van der Waals surface area contributed by atoms with Crippen molar-refractivity contribution in [2.24, 2.45) is 11.8 Å². The SMILES string of the molecule is CCCCCCCCCCCCCCCC(=O)OC[C@H](COP(=O)(O)OCC[N+](C)(C)C)OC(=O)CCC/C=C\C[C@H]1[C@@H](O)CC(=O)[C@@H]1/C=C/[C@@H](O)CCCCC. The van der Waals surface area contributed by atoms with E-state index in [0.29, 0.717) is 43.1 Å². The molecule has 1 aliphatic rings. The quantitative estimate of drug-likeness (QED) is 0.0181. The molecule has 0 amide bonds. The average Bonchev–Trinajstić information content (AvgIpc) is 3.41. The lowest BCUT2D eigenvalue weighted by atomic mass is 9.90. The van der Waals surface area contributed by atoms with E-state index in [-0.39, 0.29) is 44.2 Å². The highest BCUT2D eigenvalue weighted by molar-refractivity contribution is 7.47. The van der Waals surface area contributed by atoms with E-state index >= 15 is 0 Å². The molecule has 1 unspecified atom stereocenters. The largest absolute Gasteiger partial charge is 0.472 e. The van der Waals surface area contributed by atoms with Gasteiger partial charge in [0.05, 0.1) is 40.0 Å². The fourth-order valence-electron chi connectivity index (χ4n) is 6.76. The summed E-state index contributed by atoms with van der Waals surface area (Å²) in [6, 6.07) is 0. The number of esters is 2. The van der Waals surface area contributed by atoms with Gasteiger partial charge in [0.15, 0.2) is 6.10 Å². The summed E-state index contributed by atoms with van der Waals surface area (Å²) in [5, 5.41) is 20.8. The van der Waals surface area contributed by atoms with Crippen LogP contribution in [0.3, 0.4) is 0 Å². The first-order valence-electron chi connectivity index (χ1n) is 22.2. The Morgan fingerprint density at radius 2 is 1.39 bits per heavy atom. The van der Waals surface area contributed by atoms with E-state index in [4.69, 9.17) is 18.5 Å². The number of aliphatic hydroxyl groups is 2. The molecule has 1 rings (SSSR count). The standard InChI is InChI=1S/C44H80NO11P/c1-6-8-10-11-12-13-14-15-16-17-18-19-24-28-43(49)53-35-38(36-55-57(51,52)54-33-32-45(3,4)5)56-44(50)29-25-21-20-23-27-39-40(42(48)34-41(39)47)31-30-37(46)26-22-9-7-2/h20,23,30-31,37-41,46-47H,6-19,21-22,24-29,32-36H2,1-5H3/p+1/b23-20-,31-30+/t37-,38+,39+,40+,41-/m0/s1. The molecule has 0 aromatic heterocycles. The maximum Gasteiger partial charge on any atom is 0.472 e. The molecule has 332 valence electrons. The number of nitrogens with zero attached hydrogens (tertiary/aromatic N) is 1. The van der Waals surface area contributed by atoms with Crippen molar-refractivity contribution in [2.45, 2.75) is 180 Å². The normalized spacial score (nSPS) is 19.6. The molecule has 0 radical (unpaired) electrons. The molecule has 57 heavy (non-hydrogen) atoms. The Balaban J connectivity index is 2.53. The van der Waals surface area contributed by atoms with E-state index in [1.165, 1.54) is 57.8 Å². The van der Waals surface area contributed by atoms with Gasteiger partial charge in [-0.25, -0.2) is 4.57 Å². The van der Waals surface area contributed by atoms with E-state index in [2.05, 4.69) is 13.8 Å². The number of ketones is 1. The number of aliphatic hydroxyl groups excluding tert-OH is 2. The molecule has 0 aliphatic heterocycles. The third-order valence-corrected chi connectivity index (χ3v) is 11.3. The highest BCUT2D eigenvalue weighted by atomic mass is 31.2. The molecule has 0 saturated heterocycles. The van der Waals surface area contributed by atoms with E-state index in [1.807, 2.05) is 33.3 Å². The predicted molar refractivity (Wildman–Crippen MR) is 225 cm³/mol. The summed E-state index contributed by atoms with van der Waals surface area (Å²) >= 11 is 0. The van der Waals surface area contributed by atoms with Crippen LogP contribution in [0.5, 0.6) is 0 Å².